The van der Waals surface area contributed by atoms with Gasteiger partial charge in [-0.25, -0.2) is 0 Å². The fourth-order valence-corrected chi connectivity index (χ4v) is 2.28. The molecular formula is C11H7BrN2S. The van der Waals surface area contributed by atoms with Gasteiger partial charge in [0.05, 0.1) is 11.3 Å². The maximum Gasteiger partial charge on any atom is 0.103 e. The van der Waals surface area contributed by atoms with Crippen molar-refractivity contribution in [3.63, 3.8) is 0 Å². The zero-order valence-corrected chi connectivity index (χ0v) is 10.1. The smallest absolute Gasteiger partial charge is 0.103 e. The number of rotatable bonds is 2. The first-order valence-electron chi connectivity index (χ1n) is 4.29. The molecule has 2 rings (SSSR count). The molecule has 74 valence electrons. The van der Waals surface area contributed by atoms with E-state index in [2.05, 4.69) is 27.3 Å². The van der Waals surface area contributed by atoms with Crippen LogP contribution in [0.1, 0.15) is 5.56 Å². The quantitative estimate of drug-likeness (QED) is 0.897. The van der Waals surface area contributed by atoms with Gasteiger partial charge in [-0.05, 0) is 39.5 Å². The maximum absolute atomic E-state index is 9.01. The zero-order valence-electron chi connectivity index (χ0n) is 7.70. The normalized spacial score (nSPS) is 9.60. The zero-order chi connectivity index (χ0) is 10.7. The Bertz CT molecular complexity index is 500. The van der Waals surface area contributed by atoms with Crippen LogP contribution in [0.5, 0.6) is 0 Å². The molecule has 2 aromatic rings. The van der Waals surface area contributed by atoms with Gasteiger partial charge in [0.15, 0.2) is 0 Å². The molecule has 0 saturated heterocycles. The van der Waals surface area contributed by atoms with E-state index in [1.165, 1.54) is 0 Å². The number of halogens is 1. The van der Waals surface area contributed by atoms with Crippen LogP contribution in [0.2, 0.25) is 0 Å². The monoisotopic (exact) mass is 278 g/mol. The van der Waals surface area contributed by atoms with Crippen molar-refractivity contribution in [1.29, 1.82) is 5.26 Å². The van der Waals surface area contributed by atoms with Crippen molar-refractivity contribution in [1.82, 2.24) is 0 Å². The largest absolute Gasteiger partial charge is 0.354 e. The highest BCUT2D eigenvalue weighted by Gasteiger charge is 2.05. The molecule has 0 aliphatic heterocycles. The first kappa shape index (κ1) is 10.2. The molecule has 1 aromatic carbocycles. The van der Waals surface area contributed by atoms with Gasteiger partial charge in [-0.15, -0.1) is 0 Å². The molecule has 0 bridgehead atoms. The fourth-order valence-electron chi connectivity index (χ4n) is 1.23. The van der Waals surface area contributed by atoms with Crippen molar-refractivity contribution in [2.45, 2.75) is 0 Å². The van der Waals surface area contributed by atoms with E-state index < -0.39 is 0 Å². The Kier molecular flexibility index (Phi) is 3.05. The van der Waals surface area contributed by atoms with E-state index in [0.29, 0.717) is 5.56 Å². The lowest BCUT2D eigenvalue weighted by atomic mass is 10.2. The Balaban J connectivity index is 2.37. The molecule has 0 unspecified atom stereocenters. The highest BCUT2D eigenvalue weighted by molar-refractivity contribution is 9.10. The van der Waals surface area contributed by atoms with E-state index in [1.54, 1.807) is 11.3 Å². The summed E-state index contributed by atoms with van der Waals surface area (Å²) in [6.07, 6.45) is 0. The number of hydrogen-bond acceptors (Lipinski definition) is 3. The van der Waals surface area contributed by atoms with Gasteiger partial charge in [0.25, 0.3) is 0 Å². The third-order valence-electron chi connectivity index (χ3n) is 1.93. The van der Waals surface area contributed by atoms with Gasteiger partial charge in [0.2, 0.25) is 0 Å². The van der Waals surface area contributed by atoms with E-state index in [1.807, 2.05) is 35.0 Å². The summed E-state index contributed by atoms with van der Waals surface area (Å²) in [6, 6.07) is 9.80. The van der Waals surface area contributed by atoms with Crippen LogP contribution in [0.3, 0.4) is 0 Å². The Morgan fingerprint density at radius 1 is 1.33 bits per heavy atom. The lowest BCUT2D eigenvalue weighted by Crippen LogP contribution is -1.92. The van der Waals surface area contributed by atoms with Gasteiger partial charge in [0, 0.05) is 15.5 Å². The summed E-state index contributed by atoms with van der Waals surface area (Å²) in [5.41, 5.74) is 2.46. The molecule has 0 aliphatic carbocycles. The van der Waals surface area contributed by atoms with Crippen LogP contribution in [-0.2, 0) is 0 Å². The molecule has 1 heterocycles. The fraction of sp³-hybridized carbons (Fsp3) is 0. The van der Waals surface area contributed by atoms with E-state index >= 15 is 0 Å². The van der Waals surface area contributed by atoms with Gasteiger partial charge in [-0.2, -0.15) is 16.6 Å². The third kappa shape index (κ3) is 2.20. The van der Waals surface area contributed by atoms with Crippen LogP contribution in [0, 0.1) is 11.3 Å². The molecule has 0 fully saturated rings. The highest BCUT2D eigenvalue weighted by Crippen LogP contribution is 2.27. The number of nitrogens with one attached hydrogen (secondary N) is 1. The van der Waals surface area contributed by atoms with Crippen LogP contribution in [-0.4, -0.2) is 0 Å². The number of hydrogen-bond donors (Lipinski definition) is 1. The average Bonchev–Trinajstić information content (AvgIpc) is 2.71. The van der Waals surface area contributed by atoms with Crippen LogP contribution >= 0.6 is 27.3 Å². The van der Waals surface area contributed by atoms with Gasteiger partial charge in [0.1, 0.15) is 6.07 Å². The number of benzene rings is 1. The second-order valence-electron chi connectivity index (χ2n) is 2.91. The molecule has 0 spiro atoms. The van der Waals surface area contributed by atoms with Crippen LogP contribution < -0.4 is 5.32 Å². The Morgan fingerprint density at radius 3 is 2.87 bits per heavy atom. The molecule has 0 amide bonds. The van der Waals surface area contributed by atoms with Crippen molar-refractivity contribution < 1.29 is 0 Å². The van der Waals surface area contributed by atoms with E-state index in [0.717, 1.165) is 15.8 Å². The summed E-state index contributed by atoms with van der Waals surface area (Å²) in [5.74, 6) is 0. The second kappa shape index (κ2) is 4.47. The van der Waals surface area contributed by atoms with Crippen LogP contribution in [0.25, 0.3) is 0 Å². The molecule has 1 N–H and O–H groups in total. The minimum absolute atomic E-state index is 0.628. The minimum Gasteiger partial charge on any atom is -0.354 e. The van der Waals surface area contributed by atoms with Gasteiger partial charge in [-0.3, -0.25) is 0 Å². The maximum atomic E-state index is 9.01. The summed E-state index contributed by atoms with van der Waals surface area (Å²) in [5, 5.41) is 16.2. The lowest BCUT2D eigenvalue weighted by molar-refractivity contribution is 1.45. The van der Waals surface area contributed by atoms with Gasteiger partial charge < -0.3 is 5.32 Å². The van der Waals surface area contributed by atoms with Crippen LogP contribution in [0.15, 0.2) is 39.5 Å². The molecular weight excluding hydrogens is 272 g/mol. The van der Waals surface area contributed by atoms with Crippen LogP contribution in [0.4, 0.5) is 11.4 Å². The van der Waals surface area contributed by atoms with Crippen molar-refractivity contribution >= 4 is 38.6 Å². The van der Waals surface area contributed by atoms with E-state index in [9.17, 15) is 0 Å². The molecule has 0 atom stereocenters. The summed E-state index contributed by atoms with van der Waals surface area (Å²) >= 11 is 4.97. The standard InChI is InChI=1S/C11H7BrN2S/c12-10-2-1-3-11(9(10)6-13)14-8-4-5-15-7-8/h1-5,7,14H. The van der Waals surface area contributed by atoms with Crippen molar-refractivity contribution in [2.75, 3.05) is 5.32 Å². The molecule has 0 saturated carbocycles. The first-order valence-corrected chi connectivity index (χ1v) is 6.02. The van der Waals surface area contributed by atoms with E-state index in [-0.39, 0.29) is 0 Å². The Morgan fingerprint density at radius 2 is 2.20 bits per heavy atom. The Labute approximate surface area is 100 Å². The topological polar surface area (TPSA) is 35.8 Å². The number of nitrogens with zero attached hydrogens (tertiary/aromatic N) is 1. The number of nitriles is 1. The summed E-state index contributed by atoms with van der Waals surface area (Å²) in [7, 11) is 0. The lowest BCUT2D eigenvalue weighted by Gasteiger charge is -2.06. The van der Waals surface area contributed by atoms with Crippen molar-refractivity contribution in [3.05, 3.63) is 45.1 Å². The highest BCUT2D eigenvalue weighted by atomic mass is 79.9. The van der Waals surface area contributed by atoms with Crippen molar-refractivity contribution in [3.8, 4) is 6.07 Å². The minimum atomic E-state index is 0.628. The summed E-state index contributed by atoms with van der Waals surface area (Å²) in [4.78, 5) is 0. The molecule has 15 heavy (non-hydrogen) atoms. The first-order chi connectivity index (χ1) is 7.31. The molecule has 1 aromatic heterocycles. The molecule has 4 heteroatoms. The number of anilines is 2. The molecule has 0 aliphatic rings. The molecule has 0 radical (unpaired) electrons. The SMILES string of the molecule is N#Cc1c(Br)cccc1Nc1ccsc1. The summed E-state index contributed by atoms with van der Waals surface area (Å²) < 4.78 is 0.810. The predicted molar refractivity (Wildman–Crippen MR) is 66.5 cm³/mol. The summed E-state index contributed by atoms with van der Waals surface area (Å²) in [6.45, 7) is 0. The predicted octanol–water partition coefficient (Wildman–Crippen LogP) is 4.13. The Hall–Kier alpha value is -1.31. The second-order valence-corrected chi connectivity index (χ2v) is 4.55. The average molecular weight is 279 g/mol. The van der Waals surface area contributed by atoms with Gasteiger partial charge in [-0.1, -0.05) is 6.07 Å². The van der Waals surface area contributed by atoms with E-state index in [4.69, 9.17) is 5.26 Å². The third-order valence-corrected chi connectivity index (χ3v) is 3.27. The van der Waals surface area contributed by atoms with Crippen molar-refractivity contribution in [2.24, 2.45) is 0 Å². The van der Waals surface area contributed by atoms with Gasteiger partial charge >= 0.3 is 0 Å². The number of thiophene rings is 1. The molecule has 2 nitrogen and oxygen atoms in total.